The van der Waals surface area contributed by atoms with Crippen molar-refractivity contribution < 1.29 is 43.3 Å². The smallest absolute Gasteiger partial charge is 0.316 e. The zero-order valence-corrected chi connectivity index (χ0v) is 19.9. The van der Waals surface area contributed by atoms with Crippen LogP contribution in [0.2, 0.25) is 0 Å². The molecule has 0 bridgehead atoms. The highest BCUT2D eigenvalue weighted by Crippen LogP contribution is 2.37. The van der Waals surface area contributed by atoms with E-state index in [1.54, 1.807) is 0 Å². The van der Waals surface area contributed by atoms with Gasteiger partial charge in [-0.25, -0.2) is 0 Å². The largest absolute Gasteiger partial charge is 0.465 e. The Kier molecular flexibility index (Phi) is 13.4. The van der Waals surface area contributed by atoms with E-state index in [0.717, 1.165) is 70.1 Å². The molecule has 1 aliphatic rings. The Morgan fingerprint density at radius 3 is 2.09 bits per heavy atom. The molecule has 0 radical (unpaired) electrons. The molecule has 1 aliphatic heterocycles. The number of unbranched alkanes of at least 4 members (excludes halogenated alkanes) is 5. The molecule has 0 aromatic heterocycles. The lowest BCUT2D eigenvalue weighted by atomic mass is 9.72. The number of carbonyl (C=O) groups excluding carboxylic acids is 1. The number of halogens is 1. The first-order valence-electron chi connectivity index (χ1n) is 11.3. The van der Waals surface area contributed by atoms with Gasteiger partial charge >= 0.3 is 5.97 Å². The highest BCUT2D eigenvalue weighted by molar-refractivity contribution is 5.83. The molecule has 0 spiro atoms. The van der Waals surface area contributed by atoms with Crippen molar-refractivity contribution in [3.05, 3.63) is 46.0 Å². The van der Waals surface area contributed by atoms with Crippen LogP contribution >= 0.6 is 0 Å². The van der Waals surface area contributed by atoms with Gasteiger partial charge in [-0.1, -0.05) is 49.6 Å². The number of hydrogen-bond acceptors (Lipinski definition) is 9. The van der Waals surface area contributed by atoms with Crippen LogP contribution in [0.1, 0.15) is 63.9 Å². The molecule has 1 aromatic carbocycles. The van der Waals surface area contributed by atoms with E-state index in [1.165, 1.54) is 0 Å². The molecule has 1 saturated heterocycles. The average Bonchev–Trinajstić information content (AvgIpc) is 2.75. The molecule has 0 aliphatic carbocycles. The molecule has 1 aromatic rings. The van der Waals surface area contributed by atoms with Crippen LogP contribution in [0.15, 0.2) is 30.3 Å². The summed E-state index contributed by atoms with van der Waals surface area (Å²) in [5.41, 5.74) is 0.563. The van der Waals surface area contributed by atoms with Crippen molar-refractivity contribution in [3.8, 4) is 0 Å². The summed E-state index contributed by atoms with van der Waals surface area (Å²) in [6.45, 7) is 5.26. The molecule has 1 heterocycles. The second kappa shape index (κ2) is 15.2. The van der Waals surface area contributed by atoms with Gasteiger partial charge in [-0.05, 0) is 57.8 Å². The van der Waals surface area contributed by atoms with E-state index >= 15 is 0 Å². The van der Waals surface area contributed by atoms with Crippen molar-refractivity contribution in [2.75, 3.05) is 32.8 Å². The molecular weight excluding hydrogens is 456 g/mol. The summed E-state index contributed by atoms with van der Waals surface area (Å²) in [6, 6.07) is 10.1. The highest BCUT2D eigenvalue weighted by atomic mass is 35.7. The van der Waals surface area contributed by atoms with Gasteiger partial charge in [0.25, 0.3) is 0 Å². The van der Waals surface area contributed by atoms with Crippen LogP contribution in [0.4, 0.5) is 0 Å². The number of likely N-dealkylation sites (tertiary alicyclic amines) is 1. The van der Waals surface area contributed by atoms with Gasteiger partial charge in [0.15, 0.2) is 0 Å². The van der Waals surface area contributed by atoms with Crippen LogP contribution in [0.3, 0.4) is 0 Å². The quantitative estimate of drug-likeness (QED) is 0.185. The second-order valence-corrected chi connectivity index (χ2v) is 8.88. The fourth-order valence-corrected chi connectivity index (χ4v) is 4.08. The van der Waals surface area contributed by atoms with Gasteiger partial charge in [0.2, 0.25) is 6.54 Å². The molecule has 11 heteroatoms. The van der Waals surface area contributed by atoms with Crippen LogP contribution in [0.25, 0.3) is 0 Å². The lowest BCUT2D eigenvalue weighted by molar-refractivity contribution is -1.92. The Labute approximate surface area is 197 Å². The first-order chi connectivity index (χ1) is 15.6. The van der Waals surface area contributed by atoms with Gasteiger partial charge in [-0.3, -0.25) is 14.9 Å². The van der Waals surface area contributed by atoms with Crippen molar-refractivity contribution in [1.82, 2.24) is 4.90 Å². The standard InChI is InChI=1S/C22H34N2O4.ClHO4/c1-2-28-21(25)22(20-12-8-7-9-13-20)14-18-23(19-15-22)16-10-5-3-4-6-11-17-24(26)27;2-1(3,4)5/h7-9,12-13H,2-6,10-11,14-19H2,1H3;(H,2,3,4,5). The molecule has 2 rings (SSSR count). The zero-order valence-electron chi connectivity index (χ0n) is 19.2. The predicted octanol–water partition coefficient (Wildman–Crippen LogP) is 0.0766. The lowest BCUT2D eigenvalue weighted by Crippen LogP contribution is -2.58. The van der Waals surface area contributed by atoms with Gasteiger partial charge in [0.1, 0.15) is 0 Å². The molecule has 0 atom stereocenters. The summed E-state index contributed by atoms with van der Waals surface area (Å²) >= 11 is 0. The van der Waals surface area contributed by atoms with Crippen LogP contribution in [-0.4, -0.2) is 53.2 Å². The fraction of sp³-hybridized carbons (Fsp3) is 0.682. The van der Waals surface area contributed by atoms with E-state index in [2.05, 4.69) is 4.90 Å². The SMILES string of the molecule is CCOC(=O)C1(c2ccccc2)CCN(CCCCCCCC[N+](=O)[O-])CC1.[O-][Cl+3]([O-])([O-])O. The first kappa shape index (κ1) is 29.2. The van der Waals surface area contributed by atoms with E-state index in [4.69, 9.17) is 23.4 Å². The number of nitrogens with zero attached hydrogens (tertiary/aromatic N) is 2. The van der Waals surface area contributed by atoms with Gasteiger partial charge in [0, 0.05) is 11.3 Å². The van der Waals surface area contributed by atoms with E-state index in [0.29, 0.717) is 13.0 Å². The molecule has 0 saturated carbocycles. The highest BCUT2D eigenvalue weighted by Gasteiger charge is 2.43. The summed E-state index contributed by atoms with van der Waals surface area (Å²) < 4.78 is 38.2. The first-order valence-corrected chi connectivity index (χ1v) is 12.5. The molecule has 1 N–H and O–H groups in total. The number of rotatable bonds is 12. The monoisotopic (exact) mass is 490 g/mol. The Balaban J connectivity index is 0.000000981. The Morgan fingerprint density at radius 2 is 1.58 bits per heavy atom. The summed E-state index contributed by atoms with van der Waals surface area (Å²) in [5.74, 6) is -0.0874. The minimum Gasteiger partial charge on any atom is -0.465 e. The number of ether oxygens (including phenoxy) is 1. The Morgan fingerprint density at radius 1 is 1.06 bits per heavy atom. The van der Waals surface area contributed by atoms with Gasteiger partial charge in [-0.2, -0.15) is 14.0 Å². The third-order valence-electron chi connectivity index (χ3n) is 5.77. The Hall–Kier alpha value is -1.82. The topological polar surface area (TPSA) is 162 Å². The number of esters is 1. The van der Waals surface area contributed by atoms with Crippen molar-refractivity contribution in [3.63, 3.8) is 0 Å². The van der Waals surface area contributed by atoms with E-state index in [-0.39, 0.29) is 17.4 Å². The number of piperidine rings is 1. The molecule has 1 fully saturated rings. The molecule has 0 amide bonds. The third kappa shape index (κ3) is 12.3. The van der Waals surface area contributed by atoms with E-state index in [9.17, 15) is 14.9 Å². The third-order valence-corrected chi connectivity index (χ3v) is 5.77. The fourth-order valence-electron chi connectivity index (χ4n) is 4.08. The molecule has 10 nitrogen and oxygen atoms in total. The normalized spacial score (nSPS) is 15.9. The van der Waals surface area contributed by atoms with Crippen molar-refractivity contribution in [2.45, 2.75) is 63.7 Å². The van der Waals surface area contributed by atoms with Crippen molar-refractivity contribution in [1.29, 1.82) is 0 Å². The van der Waals surface area contributed by atoms with E-state index in [1.807, 2.05) is 37.3 Å². The summed E-state index contributed by atoms with van der Waals surface area (Å²) in [5, 5.41) is 10.3. The Bertz CT molecular complexity index is 685. The maximum absolute atomic E-state index is 12.8. The zero-order chi connectivity index (χ0) is 24.7. The van der Waals surface area contributed by atoms with Crippen molar-refractivity contribution >= 4 is 5.97 Å². The molecule has 0 unspecified atom stereocenters. The maximum atomic E-state index is 12.8. The summed E-state index contributed by atoms with van der Waals surface area (Å²) in [7, 11) is -4.69. The number of benzene rings is 1. The van der Waals surface area contributed by atoms with Crippen molar-refractivity contribution in [2.24, 2.45) is 0 Å². The predicted molar refractivity (Wildman–Crippen MR) is 112 cm³/mol. The molecule has 188 valence electrons. The molecule has 33 heavy (non-hydrogen) atoms. The van der Waals surface area contributed by atoms with Gasteiger partial charge in [-0.15, -0.1) is 0 Å². The van der Waals surface area contributed by atoms with Crippen LogP contribution in [0.5, 0.6) is 0 Å². The van der Waals surface area contributed by atoms with Crippen LogP contribution in [-0.2, 0) is 14.9 Å². The number of hydrogen-bond donors (Lipinski definition) is 1. The number of carbonyl (C=O) groups is 1. The second-order valence-electron chi connectivity index (χ2n) is 8.08. The minimum atomic E-state index is -4.69. The maximum Gasteiger partial charge on any atom is 0.316 e. The van der Waals surface area contributed by atoms with Gasteiger partial charge in [0.05, 0.1) is 26.9 Å². The van der Waals surface area contributed by atoms with Gasteiger partial charge < -0.3 is 9.64 Å². The van der Waals surface area contributed by atoms with Crippen LogP contribution in [0, 0.1) is 20.4 Å². The lowest BCUT2D eigenvalue weighted by Gasteiger charge is -2.40. The minimum absolute atomic E-state index is 0.0874. The summed E-state index contributed by atoms with van der Waals surface area (Å²) in [6.07, 6.45) is 7.77. The van der Waals surface area contributed by atoms with Crippen LogP contribution < -0.4 is 14.0 Å². The van der Waals surface area contributed by atoms with E-state index < -0.39 is 15.7 Å². The number of nitro groups is 1. The molecular formula is C22H35ClN2O8. The average molecular weight is 491 g/mol. The summed E-state index contributed by atoms with van der Waals surface area (Å²) in [4.78, 5) is 25.3.